The number of benzene rings is 1. The van der Waals surface area contributed by atoms with Crippen LogP contribution in [0.3, 0.4) is 0 Å². The zero-order chi connectivity index (χ0) is 17.2. The molecular weight excluding hydrogens is 311 g/mol. The summed E-state index contributed by atoms with van der Waals surface area (Å²) in [5, 5.41) is 0.590. The molecule has 0 saturated carbocycles. The van der Waals surface area contributed by atoms with E-state index in [2.05, 4.69) is 27.7 Å². The molecule has 0 aliphatic carbocycles. The van der Waals surface area contributed by atoms with Crippen LogP contribution in [0.5, 0.6) is 5.75 Å². The summed E-state index contributed by atoms with van der Waals surface area (Å²) < 4.78 is 23.3. The summed E-state index contributed by atoms with van der Waals surface area (Å²) in [4.78, 5) is 11.8. The quantitative estimate of drug-likeness (QED) is 0.474. The van der Waals surface area contributed by atoms with Crippen molar-refractivity contribution in [2.45, 2.75) is 40.5 Å². The van der Waals surface area contributed by atoms with Crippen molar-refractivity contribution < 1.29 is 18.8 Å². The smallest absolute Gasteiger partial charge is 0.392 e. The summed E-state index contributed by atoms with van der Waals surface area (Å²) in [6.07, 6.45) is 1.65. The van der Waals surface area contributed by atoms with Gasteiger partial charge >= 0.3 is 13.8 Å². The van der Waals surface area contributed by atoms with E-state index in [1.54, 1.807) is 12.1 Å². The fourth-order valence-corrected chi connectivity index (χ4v) is 2.98. The molecule has 0 saturated heterocycles. The van der Waals surface area contributed by atoms with Crippen LogP contribution in [0.4, 0.5) is 0 Å². The second-order valence-corrected chi connectivity index (χ2v) is 7.99. The summed E-state index contributed by atoms with van der Waals surface area (Å²) >= 11 is 0. The average molecular weight is 339 g/mol. The van der Waals surface area contributed by atoms with Gasteiger partial charge in [-0.25, -0.2) is 4.79 Å². The molecule has 23 heavy (non-hydrogen) atoms. The maximum atomic E-state index is 12.4. The van der Waals surface area contributed by atoms with E-state index in [1.807, 2.05) is 12.1 Å². The number of hydrogen-bond acceptors (Lipinski definition) is 4. The standard InChI is InChI=1S/C18H28O4P/c1-14(2)9-11-21-16-7-5-6-8-17(16)23(20)13-18(19)22-12-10-15(3)4/h5-8,14-15H,9-13H2,1-4H3/q+1. The molecule has 0 heterocycles. The number of rotatable bonds is 10. The van der Waals surface area contributed by atoms with Gasteiger partial charge in [-0.05, 0) is 36.8 Å². The van der Waals surface area contributed by atoms with Crippen molar-refractivity contribution in [1.29, 1.82) is 0 Å². The monoisotopic (exact) mass is 339 g/mol. The molecule has 0 bridgehead atoms. The number of ether oxygens (including phenoxy) is 2. The van der Waals surface area contributed by atoms with Crippen molar-refractivity contribution in [1.82, 2.24) is 0 Å². The van der Waals surface area contributed by atoms with Crippen molar-refractivity contribution in [2.75, 3.05) is 19.4 Å². The summed E-state index contributed by atoms with van der Waals surface area (Å²) in [6, 6.07) is 7.21. The predicted molar refractivity (Wildman–Crippen MR) is 93.9 cm³/mol. The SMILES string of the molecule is CC(C)CCOC(=O)C[P+](=O)c1ccccc1OCCC(C)C. The molecule has 0 N–H and O–H groups in total. The third-order valence-corrected chi connectivity index (χ3v) is 4.77. The van der Waals surface area contributed by atoms with E-state index in [0.717, 1.165) is 12.8 Å². The lowest BCUT2D eigenvalue weighted by Gasteiger charge is -2.08. The Morgan fingerprint density at radius 3 is 2.30 bits per heavy atom. The maximum Gasteiger partial charge on any atom is 0.392 e. The highest BCUT2D eigenvalue weighted by Crippen LogP contribution is 2.26. The Bertz CT molecular complexity index is 511. The Balaban J connectivity index is 2.56. The van der Waals surface area contributed by atoms with Gasteiger partial charge in [0.25, 0.3) is 0 Å². The molecule has 0 aliphatic heterocycles. The van der Waals surface area contributed by atoms with E-state index in [9.17, 15) is 9.36 Å². The Hall–Kier alpha value is -1.41. The molecule has 1 aromatic carbocycles. The van der Waals surface area contributed by atoms with E-state index >= 15 is 0 Å². The Morgan fingerprint density at radius 2 is 1.65 bits per heavy atom. The molecule has 1 rings (SSSR count). The highest BCUT2D eigenvalue weighted by atomic mass is 31.1. The van der Waals surface area contributed by atoms with Crippen LogP contribution < -0.4 is 10.0 Å². The zero-order valence-electron chi connectivity index (χ0n) is 14.6. The molecule has 0 fully saturated rings. The summed E-state index contributed by atoms with van der Waals surface area (Å²) in [7, 11) is -1.85. The number of carbonyl (C=O) groups is 1. The molecule has 1 aromatic rings. The largest absolute Gasteiger partial charge is 0.489 e. The molecule has 5 heteroatoms. The first-order valence-electron chi connectivity index (χ1n) is 8.22. The van der Waals surface area contributed by atoms with Crippen molar-refractivity contribution in [3.8, 4) is 5.75 Å². The zero-order valence-corrected chi connectivity index (χ0v) is 15.5. The van der Waals surface area contributed by atoms with E-state index in [4.69, 9.17) is 9.47 Å². The van der Waals surface area contributed by atoms with Crippen molar-refractivity contribution in [3.63, 3.8) is 0 Å². The summed E-state index contributed by atoms with van der Waals surface area (Å²) in [5.41, 5.74) is 0. The van der Waals surface area contributed by atoms with Gasteiger partial charge in [0.1, 0.15) is 0 Å². The lowest BCUT2D eigenvalue weighted by molar-refractivity contribution is -0.140. The van der Waals surface area contributed by atoms with E-state index in [0.29, 0.717) is 36.1 Å². The first-order valence-corrected chi connectivity index (χ1v) is 9.66. The van der Waals surface area contributed by atoms with Gasteiger partial charge in [-0.15, -0.1) is 0 Å². The second-order valence-electron chi connectivity index (χ2n) is 6.44. The molecule has 0 amide bonds. The molecule has 1 atom stereocenters. The minimum absolute atomic E-state index is 0.0992. The first kappa shape index (κ1) is 19.6. The van der Waals surface area contributed by atoms with Gasteiger partial charge in [0.2, 0.25) is 11.5 Å². The predicted octanol–water partition coefficient (Wildman–Crippen LogP) is 4.15. The lowest BCUT2D eigenvalue weighted by Crippen LogP contribution is -2.14. The van der Waals surface area contributed by atoms with Gasteiger partial charge < -0.3 is 9.47 Å². The molecule has 0 aromatic heterocycles. The summed E-state index contributed by atoms with van der Waals surface area (Å²) in [5.74, 6) is 1.21. The van der Waals surface area contributed by atoms with Crippen molar-refractivity contribution >= 4 is 19.1 Å². The van der Waals surface area contributed by atoms with Gasteiger partial charge in [0, 0.05) is 0 Å². The number of hydrogen-bond donors (Lipinski definition) is 0. The van der Waals surface area contributed by atoms with Gasteiger partial charge in [0.05, 0.1) is 13.2 Å². The van der Waals surface area contributed by atoms with E-state index in [-0.39, 0.29) is 6.16 Å². The minimum Gasteiger partial charge on any atom is -0.489 e. The van der Waals surface area contributed by atoms with Crippen LogP contribution in [0.15, 0.2) is 24.3 Å². The van der Waals surface area contributed by atoms with Crippen LogP contribution in [0.2, 0.25) is 0 Å². The van der Waals surface area contributed by atoms with E-state index in [1.165, 1.54) is 0 Å². The first-order chi connectivity index (χ1) is 10.9. The van der Waals surface area contributed by atoms with Crippen LogP contribution in [0.1, 0.15) is 40.5 Å². The van der Waals surface area contributed by atoms with Crippen LogP contribution in [-0.4, -0.2) is 25.3 Å². The third-order valence-electron chi connectivity index (χ3n) is 3.32. The molecule has 0 radical (unpaired) electrons. The number of esters is 1. The highest BCUT2D eigenvalue weighted by Gasteiger charge is 2.29. The number of carbonyl (C=O) groups excluding carboxylic acids is 1. The molecule has 0 spiro atoms. The summed E-state index contributed by atoms with van der Waals surface area (Å²) in [6.45, 7) is 9.35. The Labute approximate surface area is 140 Å². The maximum absolute atomic E-state index is 12.4. The molecule has 128 valence electrons. The van der Waals surface area contributed by atoms with Gasteiger partial charge in [0.15, 0.2) is 5.75 Å². The van der Waals surface area contributed by atoms with Crippen LogP contribution in [0.25, 0.3) is 0 Å². The fourth-order valence-electron chi connectivity index (χ4n) is 1.85. The van der Waals surface area contributed by atoms with E-state index < -0.39 is 13.8 Å². The third kappa shape index (κ3) is 8.13. The molecular formula is C18H28O4P+. The minimum atomic E-state index is -1.85. The van der Waals surface area contributed by atoms with Gasteiger partial charge in [-0.1, -0.05) is 44.4 Å². The second kappa shape index (κ2) is 10.4. The fraction of sp³-hybridized carbons (Fsp3) is 0.611. The topological polar surface area (TPSA) is 52.6 Å². The average Bonchev–Trinajstić information content (AvgIpc) is 2.46. The molecule has 0 aliphatic rings. The molecule has 4 nitrogen and oxygen atoms in total. The van der Waals surface area contributed by atoms with Crippen molar-refractivity contribution in [2.24, 2.45) is 11.8 Å². The Morgan fingerprint density at radius 1 is 1.04 bits per heavy atom. The van der Waals surface area contributed by atoms with Crippen molar-refractivity contribution in [3.05, 3.63) is 24.3 Å². The highest BCUT2D eigenvalue weighted by molar-refractivity contribution is 7.54. The lowest BCUT2D eigenvalue weighted by atomic mass is 10.1. The number of para-hydroxylation sites is 1. The van der Waals surface area contributed by atoms with Gasteiger partial charge in [-0.3, -0.25) is 0 Å². The van der Waals surface area contributed by atoms with Crippen LogP contribution in [-0.2, 0) is 14.1 Å². The van der Waals surface area contributed by atoms with Gasteiger partial charge in [-0.2, -0.15) is 0 Å². The normalized spacial score (nSPS) is 11.7. The molecule has 1 unspecified atom stereocenters. The van der Waals surface area contributed by atoms with Crippen LogP contribution in [0, 0.1) is 11.8 Å². The Kier molecular flexibility index (Phi) is 8.86. The van der Waals surface area contributed by atoms with Crippen LogP contribution >= 0.6 is 7.80 Å².